The Bertz CT molecular complexity index is 944. The van der Waals surface area contributed by atoms with E-state index in [-0.39, 0.29) is 36.8 Å². The first-order chi connectivity index (χ1) is 13.6. The number of carbonyl (C=O) groups is 2. The van der Waals surface area contributed by atoms with E-state index in [0.29, 0.717) is 0 Å². The van der Waals surface area contributed by atoms with Crippen LogP contribution >= 0.6 is 0 Å². The Balaban J connectivity index is 1.74. The zero-order chi connectivity index (χ0) is 19.9. The Morgan fingerprint density at radius 3 is 2.21 bits per heavy atom. The van der Waals surface area contributed by atoms with E-state index in [1.807, 2.05) is 79.7 Å². The SMILES string of the molecule is COC(=O)C[C@H](CC(=O)O[C@H](C)c1cccc2ccccc12)c1ccccc1. The van der Waals surface area contributed by atoms with Crippen molar-refractivity contribution in [2.75, 3.05) is 7.11 Å². The predicted octanol–water partition coefficient (Wildman–Crippen LogP) is 5.18. The van der Waals surface area contributed by atoms with Crippen molar-refractivity contribution in [2.24, 2.45) is 0 Å². The van der Waals surface area contributed by atoms with Crippen LogP contribution in [-0.2, 0) is 19.1 Å². The lowest BCUT2D eigenvalue weighted by Gasteiger charge is -2.19. The van der Waals surface area contributed by atoms with Crippen molar-refractivity contribution in [2.45, 2.75) is 31.8 Å². The Labute approximate surface area is 165 Å². The number of benzene rings is 3. The molecule has 3 aromatic rings. The van der Waals surface area contributed by atoms with Crippen LogP contribution in [0.1, 0.15) is 42.9 Å². The maximum atomic E-state index is 12.6. The van der Waals surface area contributed by atoms with Crippen LogP contribution in [0.4, 0.5) is 0 Å². The quantitative estimate of drug-likeness (QED) is 0.533. The molecule has 0 bridgehead atoms. The van der Waals surface area contributed by atoms with Gasteiger partial charge in [-0.05, 0) is 28.8 Å². The first-order valence-corrected chi connectivity index (χ1v) is 9.37. The molecule has 28 heavy (non-hydrogen) atoms. The molecule has 0 N–H and O–H groups in total. The zero-order valence-corrected chi connectivity index (χ0v) is 16.1. The molecule has 0 radical (unpaired) electrons. The van der Waals surface area contributed by atoms with Gasteiger partial charge in [-0.2, -0.15) is 0 Å². The summed E-state index contributed by atoms with van der Waals surface area (Å²) in [4.78, 5) is 24.4. The summed E-state index contributed by atoms with van der Waals surface area (Å²) < 4.78 is 10.5. The molecular formula is C24H24O4. The van der Waals surface area contributed by atoms with E-state index in [0.717, 1.165) is 21.9 Å². The molecule has 0 saturated heterocycles. The molecule has 3 aromatic carbocycles. The number of fused-ring (bicyclic) bond motifs is 1. The highest BCUT2D eigenvalue weighted by Crippen LogP contribution is 2.29. The van der Waals surface area contributed by atoms with Crippen LogP contribution in [-0.4, -0.2) is 19.0 Å². The lowest BCUT2D eigenvalue weighted by atomic mass is 9.92. The normalized spacial score (nSPS) is 12.9. The molecule has 4 nitrogen and oxygen atoms in total. The van der Waals surface area contributed by atoms with Gasteiger partial charge in [-0.25, -0.2) is 0 Å². The summed E-state index contributed by atoms with van der Waals surface area (Å²) in [5.74, 6) is -0.956. The fraction of sp³-hybridized carbons (Fsp3) is 0.250. The third-order valence-electron chi connectivity index (χ3n) is 4.89. The van der Waals surface area contributed by atoms with Crippen molar-refractivity contribution in [3.63, 3.8) is 0 Å². The first kappa shape index (κ1) is 19.6. The second kappa shape index (κ2) is 9.18. The minimum absolute atomic E-state index is 0.119. The number of carbonyl (C=O) groups excluding carboxylic acids is 2. The van der Waals surface area contributed by atoms with Crippen molar-refractivity contribution >= 4 is 22.7 Å². The Morgan fingerprint density at radius 1 is 0.821 bits per heavy atom. The number of rotatable bonds is 7. The van der Waals surface area contributed by atoms with Crippen molar-refractivity contribution in [1.82, 2.24) is 0 Å². The third-order valence-corrected chi connectivity index (χ3v) is 4.89. The number of hydrogen-bond acceptors (Lipinski definition) is 4. The summed E-state index contributed by atoms with van der Waals surface area (Å²) in [5, 5.41) is 2.18. The number of ether oxygens (including phenoxy) is 2. The van der Waals surface area contributed by atoms with Crippen LogP contribution in [0.2, 0.25) is 0 Å². The molecular weight excluding hydrogens is 352 g/mol. The van der Waals surface area contributed by atoms with Crippen LogP contribution in [0.25, 0.3) is 10.8 Å². The zero-order valence-electron chi connectivity index (χ0n) is 16.1. The highest BCUT2D eigenvalue weighted by molar-refractivity contribution is 5.86. The third kappa shape index (κ3) is 4.77. The van der Waals surface area contributed by atoms with E-state index >= 15 is 0 Å². The van der Waals surface area contributed by atoms with Gasteiger partial charge >= 0.3 is 11.9 Å². The average molecular weight is 376 g/mol. The van der Waals surface area contributed by atoms with Crippen molar-refractivity contribution in [3.05, 3.63) is 83.9 Å². The number of methoxy groups -OCH3 is 1. The topological polar surface area (TPSA) is 52.6 Å². The van der Waals surface area contributed by atoms with Gasteiger partial charge in [0.25, 0.3) is 0 Å². The molecule has 0 aromatic heterocycles. The fourth-order valence-corrected chi connectivity index (χ4v) is 3.43. The Morgan fingerprint density at radius 2 is 1.46 bits per heavy atom. The van der Waals surface area contributed by atoms with E-state index < -0.39 is 0 Å². The summed E-state index contributed by atoms with van der Waals surface area (Å²) in [6.07, 6.45) is -0.125. The van der Waals surface area contributed by atoms with Gasteiger partial charge in [0.2, 0.25) is 0 Å². The van der Waals surface area contributed by atoms with Crippen LogP contribution in [0.3, 0.4) is 0 Å². The average Bonchev–Trinajstić information content (AvgIpc) is 2.73. The van der Waals surface area contributed by atoms with E-state index in [2.05, 4.69) is 0 Å². The van der Waals surface area contributed by atoms with Gasteiger partial charge in [-0.1, -0.05) is 72.8 Å². The molecule has 0 heterocycles. The van der Waals surface area contributed by atoms with Crippen LogP contribution < -0.4 is 0 Å². The Hall–Kier alpha value is -3.14. The van der Waals surface area contributed by atoms with Gasteiger partial charge < -0.3 is 9.47 Å². The summed E-state index contributed by atoms with van der Waals surface area (Å²) in [6.45, 7) is 1.87. The first-order valence-electron chi connectivity index (χ1n) is 9.37. The maximum Gasteiger partial charge on any atom is 0.307 e. The molecule has 4 heteroatoms. The van der Waals surface area contributed by atoms with Crippen LogP contribution in [0.15, 0.2) is 72.8 Å². The van der Waals surface area contributed by atoms with E-state index in [1.54, 1.807) is 0 Å². The second-order valence-electron chi connectivity index (χ2n) is 6.79. The van der Waals surface area contributed by atoms with Gasteiger partial charge in [0.05, 0.1) is 20.0 Å². The fourth-order valence-electron chi connectivity index (χ4n) is 3.43. The van der Waals surface area contributed by atoms with Crippen molar-refractivity contribution < 1.29 is 19.1 Å². The van der Waals surface area contributed by atoms with E-state index in [9.17, 15) is 9.59 Å². The summed E-state index contributed by atoms with van der Waals surface area (Å²) in [7, 11) is 1.35. The molecule has 2 atom stereocenters. The monoisotopic (exact) mass is 376 g/mol. The minimum atomic E-state index is -0.381. The molecule has 0 unspecified atom stereocenters. The van der Waals surface area contributed by atoms with Gasteiger partial charge in [-0.15, -0.1) is 0 Å². The van der Waals surface area contributed by atoms with Crippen molar-refractivity contribution in [3.8, 4) is 0 Å². The van der Waals surface area contributed by atoms with Gasteiger partial charge in [-0.3, -0.25) is 9.59 Å². The van der Waals surface area contributed by atoms with Gasteiger partial charge in [0, 0.05) is 5.92 Å². The molecule has 0 spiro atoms. The molecule has 0 aliphatic heterocycles. The highest BCUT2D eigenvalue weighted by Gasteiger charge is 2.22. The Kier molecular flexibility index (Phi) is 6.43. The smallest absolute Gasteiger partial charge is 0.307 e. The molecule has 0 aliphatic carbocycles. The predicted molar refractivity (Wildman–Crippen MR) is 109 cm³/mol. The molecule has 0 amide bonds. The molecule has 0 aliphatic rings. The van der Waals surface area contributed by atoms with Crippen LogP contribution in [0, 0.1) is 0 Å². The lowest BCUT2D eigenvalue weighted by molar-refractivity contribution is -0.149. The maximum absolute atomic E-state index is 12.6. The molecule has 3 rings (SSSR count). The summed E-state index contributed by atoms with van der Waals surface area (Å²) in [6, 6.07) is 23.5. The second-order valence-corrected chi connectivity index (χ2v) is 6.79. The van der Waals surface area contributed by atoms with Gasteiger partial charge in [0.1, 0.15) is 6.10 Å². The summed E-state index contributed by atoms with van der Waals surface area (Å²) in [5.41, 5.74) is 1.89. The largest absolute Gasteiger partial charge is 0.469 e. The van der Waals surface area contributed by atoms with Gasteiger partial charge in [0.15, 0.2) is 0 Å². The summed E-state index contributed by atoms with van der Waals surface area (Å²) >= 11 is 0. The number of hydrogen-bond donors (Lipinski definition) is 0. The van der Waals surface area contributed by atoms with Crippen molar-refractivity contribution in [1.29, 1.82) is 0 Å². The molecule has 144 valence electrons. The lowest BCUT2D eigenvalue weighted by Crippen LogP contribution is -2.16. The number of esters is 2. The van der Waals surface area contributed by atoms with Crippen LogP contribution in [0.5, 0.6) is 0 Å². The molecule has 0 fully saturated rings. The molecule has 0 saturated carbocycles. The minimum Gasteiger partial charge on any atom is -0.469 e. The highest BCUT2D eigenvalue weighted by atomic mass is 16.5. The van der Waals surface area contributed by atoms with E-state index in [4.69, 9.17) is 9.47 Å². The standard InChI is InChI=1S/C24H24O4/c1-17(21-14-8-12-19-11-6-7-13-22(19)21)28-24(26)16-20(15-23(25)27-2)18-9-4-3-5-10-18/h3-14,17,20H,15-16H2,1-2H3/t17-,20-/m1/s1. The van der Waals surface area contributed by atoms with E-state index in [1.165, 1.54) is 7.11 Å².